The Hall–Kier alpha value is -1.71. The van der Waals surface area contributed by atoms with Crippen LogP contribution in [-0.2, 0) is 6.42 Å². The molecule has 1 N–H and O–H groups in total. The molecule has 102 valence electrons. The predicted molar refractivity (Wildman–Crippen MR) is 73.4 cm³/mol. The Labute approximate surface area is 113 Å². The molecule has 0 spiro atoms. The molecule has 1 atom stereocenters. The molecule has 0 radical (unpaired) electrons. The van der Waals surface area contributed by atoms with E-state index < -0.39 is 0 Å². The molecule has 0 aromatic heterocycles. The van der Waals surface area contributed by atoms with E-state index in [1.54, 1.807) is 7.11 Å². The smallest absolute Gasteiger partial charge is 0.318 e. The zero-order valence-electron chi connectivity index (χ0n) is 11.5. The van der Waals surface area contributed by atoms with E-state index in [4.69, 9.17) is 4.74 Å². The van der Waals surface area contributed by atoms with Crippen LogP contribution in [0, 0.1) is 0 Å². The molecule has 4 nitrogen and oxygen atoms in total. The van der Waals surface area contributed by atoms with E-state index in [0.29, 0.717) is 6.04 Å². The van der Waals surface area contributed by atoms with Crippen LogP contribution < -0.4 is 10.1 Å². The first-order chi connectivity index (χ1) is 9.19. The van der Waals surface area contributed by atoms with Crippen LogP contribution >= 0.6 is 0 Å². The van der Waals surface area contributed by atoms with E-state index in [0.717, 1.165) is 31.6 Å². The molecule has 4 heteroatoms. The summed E-state index contributed by atoms with van der Waals surface area (Å²) in [5.41, 5.74) is 2.53. The normalized spacial score (nSPS) is 21.8. The molecule has 1 aromatic rings. The number of fused-ring (bicyclic) bond motifs is 1. The number of hydrogen-bond donors (Lipinski definition) is 1. The van der Waals surface area contributed by atoms with Crippen molar-refractivity contribution in [2.45, 2.75) is 38.3 Å². The molecular formula is C15H20N2O2. The summed E-state index contributed by atoms with van der Waals surface area (Å²) >= 11 is 0. The summed E-state index contributed by atoms with van der Waals surface area (Å²) in [5, 5.41) is 3.07. The van der Waals surface area contributed by atoms with Crippen molar-refractivity contribution >= 4 is 6.03 Å². The van der Waals surface area contributed by atoms with Crippen LogP contribution in [-0.4, -0.2) is 30.6 Å². The summed E-state index contributed by atoms with van der Waals surface area (Å²) < 4.78 is 5.28. The minimum atomic E-state index is 0.0727. The SMILES string of the molecule is COc1ccc2c(c1)C(C)N(C(=O)NC1CC1)CC2. The van der Waals surface area contributed by atoms with Gasteiger partial charge < -0.3 is 15.0 Å². The zero-order valence-corrected chi connectivity index (χ0v) is 11.5. The second-order valence-corrected chi connectivity index (χ2v) is 5.41. The third-order valence-electron chi connectivity index (χ3n) is 4.06. The number of urea groups is 1. The summed E-state index contributed by atoms with van der Waals surface area (Å²) in [5.74, 6) is 0.857. The Morgan fingerprint density at radius 2 is 2.21 bits per heavy atom. The Kier molecular flexibility index (Phi) is 3.09. The summed E-state index contributed by atoms with van der Waals surface area (Å²) in [6.07, 6.45) is 3.17. The Bertz CT molecular complexity index is 497. The Balaban J connectivity index is 1.81. The largest absolute Gasteiger partial charge is 0.497 e. The highest BCUT2D eigenvalue weighted by atomic mass is 16.5. The van der Waals surface area contributed by atoms with Crippen molar-refractivity contribution < 1.29 is 9.53 Å². The van der Waals surface area contributed by atoms with Gasteiger partial charge in [-0.05, 0) is 49.4 Å². The van der Waals surface area contributed by atoms with Gasteiger partial charge in [-0.3, -0.25) is 0 Å². The molecule has 1 fully saturated rings. The highest BCUT2D eigenvalue weighted by Gasteiger charge is 2.31. The highest BCUT2D eigenvalue weighted by Crippen LogP contribution is 2.32. The maximum absolute atomic E-state index is 12.2. The molecule has 19 heavy (non-hydrogen) atoms. The van der Waals surface area contributed by atoms with E-state index in [2.05, 4.69) is 24.4 Å². The second-order valence-electron chi connectivity index (χ2n) is 5.41. The number of benzene rings is 1. The summed E-state index contributed by atoms with van der Waals surface area (Å²) in [6, 6.07) is 6.75. The van der Waals surface area contributed by atoms with Gasteiger partial charge in [0.2, 0.25) is 0 Å². The molecular weight excluding hydrogens is 240 g/mol. The van der Waals surface area contributed by atoms with Crippen LogP contribution in [0.5, 0.6) is 5.75 Å². The van der Waals surface area contributed by atoms with Gasteiger partial charge in [-0.1, -0.05) is 6.07 Å². The fraction of sp³-hybridized carbons (Fsp3) is 0.533. The lowest BCUT2D eigenvalue weighted by Gasteiger charge is -2.35. The van der Waals surface area contributed by atoms with Crippen LogP contribution in [0.4, 0.5) is 4.79 Å². The summed E-state index contributed by atoms with van der Waals surface area (Å²) in [7, 11) is 1.67. The predicted octanol–water partition coefficient (Wildman–Crippen LogP) is 2.49. The first-order valence-electron chi connectivity index (χ1n) is 6.93. The number of ether oxygens (including phenoxy) is 1. The number of nitrogens with one attached hydrogen (secondary N) is 1. The van der Waals surface area contributed by atoms with Gasteiger partial charge in [0.25, 0.3) is 0 Å². The summed E-state index contributed by atoms with van der Waals surface area (Å²) in [6.45, 7) is 2.88. The molecule has 1 saturated carbocycles. The van der Waals surface area contributed by atoms with Gasteiger partial charge >= 0.3 is 6.03 Å². The number of carbonyl (C=O) groups is 1. The van der Waals surface area contributed by atoms with Crippen LogP contribution in [0.25, 0.3) is 0 Å². The standard InChI is InChI=1S/C15H20N2O2/c1-10-14-9-13(19-2)6-3-11(14)7-8-17(10)15(18)16-12-4-5-12/h3,6,9-10,12H,4-5,7-8H2,1-2H3,(H,16,18). The van der Waals surface area contributed by atoms with E-state index in [1.807, 2.05) is 11.0 Å². The van der Waals surface area contributed by atoms with Crippen molar-refractivity contribution in [1.82, 2.24) is 10.2 Å². The fourth-order valence-corrected chi connectivity index (χ4v) is 2.68. The van der Waals surface area contributed by atoms with Gasteiger partial charge in [-0.2, -0.15) is 0 Å². The highest BCUT2D eigenvalue weighted by molar-refractivity contribution is 5.76. The number of methoxy groups -OCH3 is 1. The maximum Gasteiger partial charge on any atom is 0.318 e. The van der Waals surface area contributed by atoms with E-state index in [1.165, 1.54) is 11.1 Å². The number of amides is 2. The number of rotatable bonds is 2. The molecule has 2 aliphatic rings. The van der Waals surface area contributed by atoms with Crippen molar-refractivity contribution in [2.24, 2.45) is 0 Å². The number of hydrogen-bond acceptors (Lipinski definition) is 2. The van der Waals surface area contributed by atoms with Crippen LogP contribution in [0.2, 0.25) is 0 Å². The van der Waals surface area contributed by atoms with Gasteiger partial charge in [0, 0.05) is 12.6 Å². The van der Waals surface area contributed by atoms with Crippen LogP contribution in [0.3, 0.4) is 0 Å². The lowest BCUT2D eigenvalue weighted by molar-refractivity contribution is 0.174. The fourth-order valence-electron chi connectivity index (χ4n) is 2.68. The molecule has 2 amide bonds. The minimum Gasteiger partial charge on any atom is -0.497 e. The molecule has 3 rings (SSSR count). The molecule has 1 aliphatic carbocycles. The second kappa shape index (κ2) is 4.76. The monoisotopic (exact) mass is 260 g/mol. The Morgan fingerprint density at radius 1 is 1.42 bits per heavy atom. The molecule has 0 bridgehead atoms. The third-order valence-corrected chi connectivity index (χ3v) is 4.06. The third kappa shape index (κ3) is 2.39. The quantitative estimate of drug-likeness (QED) is 0.887. The molecule has 1 aliphatic heterocycles. The zero-order chi connectivity index (χ0) is 13.4. The van der Waals surface area contributed by atoms with Crippen LogP contribution in [0.15, 0.2) is 18.2 Å². The molecule has 0 saturated heterocycles. The van der Waals surface area contributed by atoms with E-state index in [9.17, 15) is 4.79 Å². The molecule has 1 unspecified atom stereocenters. The van der Waals surface area contributed by atoms with Crippen molar-refractivity contribution in [2.75, 3.05) is 13.7 Å². The molecule has 1 heterocycles. The van der Waals surface area contributed by atoms with E-state index in [-0.39, 0.29) is 12.1 Å². The van der Waals surface area contributed by atoms with Crippen molar-refractivity contribution in [1.29, 1.82) is 0 Å². The first kappa shape index (κ1) is 12.3. The van der Waals surface area contributed by atoms with Gasteiger partial charge in [0.15, 0.2) is 0 Å². The van der Waals surface area contributed by atoms with Gasteiger partial charge in [-0.15, -0.1) is 0 Å². The van der Waals surface area contributed by atoms with E-state index >= 15 is 0 Å². The topological polar surface area (TPSA) is 41.6 Å². The average Bonchev–Trinajstić information content (AvgIpc) is 3.22. The van der Waals surface area contributed by atoms with Gasteiger partial charge in [-0.25, -0.2) is 4.79 Å². The number of nitrogens with zero attached hydrogens (tertiary/aromatic N) is 1. The van der Waals surface area contributed by atoms with Crippen LogP contribution in [0.1, 0.15) is 36.9 Å². The summed E-state index contributed by atoms with van der Waals surface area (Å²) in [4.78, 5) is 14.1. The lowest BCUT2D eigenvalue weighted by atomic mass is 9.93. The minimum absolute atomic E-state index is 0.0727. The van der Waals surface area contributed by atoms with Gasteiger partial charge in [0.05, 0.1) is 13.2 Å². The Morgan fingerprint density at radius 3 is 2.89 bits per heavy atom. The maximum atomic E-state index is 12.2. The first-order valence-corrected chi connectivity index (χ1v) is 6.93. The molecule has 1 aromatic carbocycles. The van der Waals surface area contributed by atoms with Crippen molar-refractivity contribution in [3.63, 3.8) is 0 Å². The van der Waals surface area contributed by atoms with Gasteiger partial charge in [0.1, 0.15) is 5.75 Å². The van der Waals surface area contributed by atoms with Crippen molar-refractivity contribution in [3.05, 3.63) is 29.3 Å². The lowest BCUT2D eigenvalue weighted by Crippen LogP contribution is -2.45. The van der Waals surface area contributed by atoms with Crippen molar-refractivity contribution in [3.8, 4) is 5.75 Å². The number of carbonyl (C=O) groups excluding carboxylic acids is 1. The average molecular weight is 260 g/mol.